The minimum Gasteiger partial charge on any atom is -0.457 e. The van der Waals surface area contributed by atoms with Gasteiger partial charge in [-0.15, -0.1) is 0 Å². The maximum atomic E-state index is 14.3. The first-order valence-corrected chi connectivity index (χ1v) is 12.7. The molecule has 5 aromatic rings. The summed E-state index contributed by atoms with van der Waals surface area (Å²) in [6.45, 7) is -0.153. The normalized spacial score (nSPS) is 15.4. The molecule has 3 heterocycles. The fraction of sp³-hybridized carbons (Fsp3) is 0.207. The second-order valence-electron chi connectivity index (χ2n) is 10.1. The van der Waals surface area contributed by atoms with E-state index in [9.17, 15) is 31.5 Å². The van der Waals surface area contributed by atoms with Crippen molar-refractivity contribution < 1.29 is 35.9 Å². The summed E-state index contributed by atoms with van der Waals surface area (Å²) >= 11 is 0. The highest BCUT2D eigenvalue weighted by Gasteiger charge is 2.45. The first kappa shape index (κ1) is 27.2. The molecule has 13 heteroatoms. The molecule has 0 bridgehead atoms. The number of benzene rings is 3. The summed E-state index contributed by atoms with van der Waals surface area (Å²) in [5, 5.41) is 6.97. The van der Waals surface area contributed by atoms with E-state index in [1.807, 2.05) is 0 Å². The van der Waals surface area contributed by atoms with E-state index in [1.165, 1.54) is 24.3 Å². The summed E-state index contributed by atoms with van der Waals surface area (Å²) in [7, 11) is 0. The third-order valence-corrected chi connectivity index (χ3v) is 6.77. The Kier molecular flexibility index (Phi) is 6.39. The van der Waals surface area contributed by atoms with Crippen LogP contribution >= 0.6 is 0 Å². The molecule has 8 nitrogen and oxygen atoms in total. The van der Waals surface area contributed by atoms with Crippen LogP contribution in [0.3, 0.4) is 0 Å². The molecule has 42 heavy (non-hydrogen) atoms. The topological polar surface area (TPSA) is 104 Å². The van der Waals surface area contributed by atoms with Crippen LogP contribution in [-0.4, -0.2) is 44.6 Å². The number of carbonyl (C=O) groups is 1. The Morgan fingerprint density at radius 2 is 1.62 bits per heavy atom. The standard InChI is InChI=1S/C29H21F5N4O4/c1-28(30,31)14-38-24(16-7-11-18(12-8-16)41-17-9-5-15(6-10-17)13-29(32,33)34)21-22(36-37-23(21)26(38)39)19-3-2-4-20-25(19)42-27(40)35-20/h2-12,24H,13-14H2,1H3,(H,35,40)(H,36,37). The molecule has 1 atom stereocenters. The van der Waals surface area contributed by atoms with Gasteiger partial charge in [-0.1, -0.05) is 30.3 Å². The van der Waals surface area contributed by atoms with E-state index in [0.29, 0.717) is 33.7 Å². The van der Waals surface area contributed by atoms with Crippen molar-refractivity contribution in [1.29, 1.82) is 0 Å². The van der Waals surface area contributed by atoms with Gasteiger partial charge in [-0.25, -0.2) is 13.6 Å². The Bertz CT molecular complexity index is 1830. The van der Waals surface area contributed by atoms with Gasteiger partial charge in [0.15, 0.2) is 5.58 Å². The van der Waals surface area contributed by atoms with E-state index in [-0.39, 0.29) is 22.5 Å². The van der Waals surface area contributed by atoms with Gasteiger partial charge in [-0.3, -0.25) is 14.9 Å². The largest absolute Gasteiger partial charge is 0.457 e. The average Bonchev–Trinajstić information content (AvgIpc) is 3.57. The molecule has 2 aromatic heterocycles. The van der Waals surface area contributed by atoms with Gasteiger partial charge >= 0.3 is 11.9 Å². The van der Waals surface area contributed by atoms with E-state index in [2.05, 4.69) is 15.2 Å². The number of halogens is 5. The molecule has 1 aliphatic heterocycles. The van der Waals surface area contributed by atoms with Gasteiger partial charge in [0.2, 0.25) is 0 Å². The second-order valence-corrected chi connectivity index (χ2v) is 10.1. The van der Waals surface area contributed by atoms with E-state index in [0.717, 1.165) is 11.8 Å². The van der Waals surface area contributed by atoms with Crippen molar-refractivity contribution in [2.24, 2.45) is 0 Å². The molecule has 0 aliphatic carbocycles. The molecule has 1 amide bonds. The van der Waals surface area contributed by atoms with E-state index < -0.39 is 42.8 Å². The molecule has 2 N–H and O–H groups in total. The third kappa shape index (κ3) is 5.24. The quantitative estimate of drug-likeness (QED) is 0.210. The molecule has 3 aromatic carbocycles. The van der Waals surface area contributed by atoms with Crippen LogP contribution in [0.1, 0.15) is 40.1 Å². The molecule has 0 spiro atoms. The van der Waals surface area contributed by atoms with Gasteiger partial charge in [0, 0.05) is 18.1 Å². The average molecular weight is 585 g/mol. The summed E-state index contributed by atoms with van der Waals surface area (Å²) in [6, 6.07) is 15.8. The van der Waals surface area contributed by atoms with Crippen molar-refractivity contribution >= 4 is 17.0 Å². The Morgan fingerprint density at radius 1 is 0.952 bits per heavy atom. The van der Waals surface area contributed by atoms with Crippen LogP contribution < -0.4 is 10.5 Å². The van der Waals surface area contributed by atoms with E-state index in [1.54, 1.807) is 42.5 Å². The molecule has 1 unspecified atom stereocenters. The van der Waals surface area contributed by atoms with Crippen molar-refractivity contribution in [1.82, 2.24) is 20.1 Å². The minimum absolute atomic E-state index is 0.0356. The number of nitrogens with one attached hydrogen (secondary N) is 2. The summed E-state index contributed by atoms with van der Waals surface area (Å²) in [4.78, 5) is 28.8. The van der Waals surface area contributed by atoms with Crippen molar-refractivity contribution in [2.75, 3.05) is 6.54 Å². The number of H-pyrrole nitrogens is 2. The smallest absolute Gasteiger partial charge is 0.417 e. The van der Waals surface area contributed by atoms with Crippen molar-refractivity contribution in [3.63, 3.8) is 0 Å². The highest BCUT2D eigenvalue weighted by atomic mass is 19.4. The van der Waals surface area contributed by atoms with Gasteiger partial charge < -0.3 is 14.1 Å². The molecule has 216 valence electrons. The van der Waals surface area contributed by atoms with Crippen LogP contribution in [0.5, 0.6) is 11.5 Å². The van der Waals surface area contributed by atoms with Crippen LogP contribution in [0.25, 0.3) is 22.4 Å². The van der Waals surface area contributed by atoms with Crippen LogP contribution in [0.2, 0.25) is 0 Å². The van der Waals surface area contributed by atoms with Gasteiger partial charge in [0.05, 0.1) is 24.5 Å². The molecule has 0 fully saturated rings. The monoisotopic (exact) mass is 584 g/mol. The highest BCUT2D eigenvalue weighted by molar-refractivity contribution is 6.02. The number of amides is 1. The Morgan fingerprint density at radius 3 is 2.26 bits per heavy atom. The zero-order valence-electron chi connectivity index (χ0n) is 21.8. The lowest BCUT2D eigenvalue weighted by Gasteiger charge is -2.28. The van der Waals surface area contributed by atoms with E-state index >= 15 is 0 Å². The lowest BCUT2D eigenvalue weighted by atomic mass is 9.95. The molecule has 0 radical (unpaired) electrons. The van der Waals surface area contributed by atoms with Crippen molar-refractivity contribution in [3.05, 3.63) is 99.7 Å². The van der Waals surface area contributed by atoms with Crippen molar-refractivity contribution in [3.8, 4) is 22.8 Å². The summed E-state index contributed by atoms with van der Waals surface area (Å²) < 4.78 is 77.5. The molecule has 1 aliphatic rings. The summed E-state index contributed by atoms with van der Waals surface area (Å²) in [5.41, 5.74) is 2.20. The number of aromatic nitrogens is 3. The lowest BCUT2D eigenvalue weighted by Crippen LogP contribution is -2.38. The van der Waals surface area contributed by atoms with Gasteiger partial charge in [0.25, 0.3) is 11.8 Å². The Balaban J connectivity index is 1.36. The van der Waals surface area contributed by atoms with Gasteiger partial charge in [0.1, 0.15) is 22.9 Å². The molecular weight excluding hydrogens is 563 g/mol. The third-order valence-electron chi connectivity index (χ3n) is 6.77. The van der Waals surface area contributed by atoms with Crippen LogP contribution in [0, 0.1) is 0 Å². The number of ether oxygens (including phenoxy) is 1. The molecule has 0 saturated heterocycles. The first-order valence-electron chi connectivity index (χ1n) is 12.7. The number of para-hydroxylation sites is 1. The number of carbonyl (C=O) groups excluding carboxylic acids is 1. The zero-order chi connectivity index (χ0) is 29.8. The second kappa shape index (κ2) is 9.86. The number of rotatable bonds is 7. The minimum atomic E-state index is -4.33. The van der Waals surface area contributed by atoms with Crippen LogP contribution in [-0.2, 0) is 6.42 Å². The predicted molar refractivity (Wildman–Crippen MR) is 141 cm³/mol. The number of hydrogen-bond acceptors (Lipinski definition) is 5. The number of oxazole rings is 1. The maximum absolute atomic E-state index is 14.3. The number of alkyl halides is 5. The summed E-state index contributed by atoms with van der Waals surface area (Å²) in [6.07, 6.45) is -5.38. The van der Waals surface area contributed by atoms with Gasteiger partial charge in [-0.05, 0) is 47.5 Å². The predicted octanol–water partition coefficient (Wildman–Crippen LogP) is 6.61. The summed E-state index contributed by atoms with van der Waals surface area (Å²) in [5.74, 6) is -3.92. The Hall–Kier alpha value is -4.94. The van der Waals surface area contributed by atoms with E-state index in [4.69, 9.17) is 9.15 Å². The molecule has 6 rings (SSSR count). The fourth-order valence-electron chi connectivity index (χ4n) is 5.13. The fourth-order valence-corrected chi connectivity index (χ4v) is 5.13. The molecular formula is C29H21F5N4O4. The van der Waals surface area contributed by atoms with Crippen LogP contribution in [0.4, 0.5) is 22.0 Å². The molecule has 0 saturated carbocycles. The lowest BCUT2D eigenvalue weighted by molar-refractivity contribution is -0.127. The van der Waals surface area contributed by atoms with Gasteiger partial charge in [-0.2, -0.15) is 18.3 Å². The maximum Gasteiger partial charge on any atom is 0.417 e. The SMILES string of the molecule is CC(F)(F)CN1C(=O)c2[nH]nc(-c3cccc4[nH]c(=O)oc34)c2C1c1ccc(Oc2ccc(CC(F)(F)F)cc2)cc1. The van der Waals surface area contributed by atoms with Crippen LogP contribution in [0.15, 0.2) is 75.9 Å². The zero-order valence-corrected chi connectivity index (χ0v) is 21.8. The number of fused-ring (bicyclic) bond motifs is 2. The Labute approximate surface area is 233 Å². The van der Waals surface area contributed by atoms with Crippen molar-refractivity contribution in [2.45, 2.75) is 31.5 Å². The highest BCUT2D eigenvalue weighted by Crippen LogP contribution is 2.45. The number of hydrogen-bond donors (Lipinski definition) is 2. The number of aromatic amines is 2. The first-order chi connectivity index (χ1) is 19.9. The number of nitrogens with zero attached hydrogens (tertiary/aromatic N) is 2.